The molecule has 0 saturated carbocycles. The van der Waals surface area contributed by atoms with Crippen molar-refractivity contribution in [2.24, 2.45) is 13.0 Å². The fourth-order valence-corrected chi connectivity index (χ4v) is 2.94. The number of benzene rings is 1. The molecule has 2 heterocycles. The molecule has 1 aromatic carbocycles. The number of amides is 1. The molecule has 1 aliphatic heterocycles. The molecule has 0 saturated heterocycles. The van der Waals surface area contributed by atoms with Gasteiger partial charge in [0.25, 0.3) is 5.91 Å². The SMILES string of the molecule is COc1cccc2c1OC[C@@H](CNC(=O)c1c(C)ncn1C)C2. The average molecular weight is 315 g/mol. The van der Waals surface area contributed by atoms with Crippen LogP contribution in [0.4, 0.5) is 0 Å². The van der Waals surface area contributed by atoms with Crippen LogP contribution in [0.15, 0.2) is 24.5 Å². The summed E-state index contributed by atoms with van der Waals surface area (Å²) in [6.07, 6.45) is 2.51. The van der Waals surface area contributed by atoms with Gasteiger partial charge in [-0.3, -0.25) is 4.79 Å². The van der Waals surface area contributed by atoms with Crippen molar-refractivity contribution in [2.45, 2.75) is 13.3 Å². The Morgan fingerprint density at radius 1 is 1.52 bits per heavy atom. The first-order valence-corrected chi connectivity index (χ1v) is 7.65. The summed E-state index contributed by atoms with van der Waals surface area (Å²) >= 11 is 0. The van der Waals surface area contributed by atoms with Gasteiger partial charge in [0.2, 0.25) is 0 Å². The van der Waals surface area contributed by atoms with E-state index in [0.29, 0.717) is 18.8 Å². The Bertz CT molecular complexity index is 704. The molecule has 0 bridgehead atoms. The van der Waals surface area contributed by atoms with E-state index < -0.39 is 0 Å². The number of nitrogens with one attached hydrogen (secondary N) is 1. The molecule has 122 valence electrons. The highest BCUT2D eigenvalue weighted by Gasteiger charge is 2.24. The number of rotatable bonds is 4. The molecule has 0 spiro atoms. The predicted octanol–water partition coefficient (Wildman–Crippen LogP) is 1.72. The molecule has 1 N–H and O–H groups in total. The van der Waals surface area contributed by atoms with E-state index in [1.807, 2.05) is 32.2 Å². The summed E-state index contributed by atoms with van der Waals surface area (Å²) in [6, 6.07) is 5.89. The van der Waals surface area contributed by atoms with Crippen molar-refractivity contribution in [2.75, 3.05) is 20.3 Å². The summed E-state index contributed by atoms with van der Waals surface area (Å²) in [5.41, 5.74) is 2.45. The second-order valence-electron chi connectivity index (χ2n) is 5.83. The third kappa shape index (κ3) is 3.02. The molecule has 6 heteroatoms. The van der Waals surface area contributed by atoms with Crippen molar-refractivity contribution >= 4 is 5.91 Å². The zero-order valence-corrected chi connectivity index (χ0v) is 13.6. The Hall–Kier alpha value is -2.50. The van der Waals surface area contributed by atoms with E-state index in [1.165, 1.54) is 0 Å². The summed E-state index contributed by atoms with van der Waals surface area (Å²) in [5, 5.41) is 2.98. The Kier molecular flexibility index (Phi) is 4.23. The second kappa shape index (κ2) is 6.32. The smallest absolute Gasteiger partial charge is 0.269 e. The van der Waals surface area contributed by atoms with E-state index in [2.05, 4.69) is 10.3 Å². The van der Waals surface area contributed by atoms with Crippen LogP contribution in [0.5, 0.6) is 11.5 Å². The Morgan fingerprint density at radius 2 is 2.35 bits per heavy atom. The average Bonchev–Trinajstić information content (AvgIpc) is 2.90. The van der Waals surface area contributed by atoms with Gasteiger partial charge in [-0.1, -0.05) is 12.1 Å². The fraction of sp³-hybridized carbons (Fsp3) is 0.412. The molecule has 6 nitrogen and oxygen atoms in total. The van der Waals surface area contributed by atoms with Crippen LogP contribution in [0.25, 0.3) is 0 Å². The molecule has 3 rings (SSSR count). The molecule has 1 amide bonds. The predicted molar refractivity (Wildman–Crippen MR) is 86.0 cm³/mol. The maximum atomic E-state index is 12.3. The zero-order valence-electron chi connectivity index (χ0n) is 13.6. The Labute approximate surface area is 135 Å². The number of carbonyl (C=O) groups is 1. The molecule has 2 aromatic rings. The van der Waals surface area contributed by atoms with Gasteiger partial charge < -0.3 is 19.4 Å². The van der Waals surface area contributed by atoms with Gasteiger partial charge in [0.05, 0.1) is 25.7 Å². The van der Waals surface area contributed by atoms with Gasteiger partial charge in [-0.15, -0.1) is 0 Å². The van der Waals surface area contributed by atoms with Crippen LogP contribution in [0.1, 0.15) is 21.7 Å². The van der Waals surface area contributed by atoms with Crippen molar-refractivity contribution in [1.29, 1.82) is 0 Å². The number of carbonyl (C=O) groups excluding carboxylic acids is 1. The number of aromatic nitrogens is 2. The van der Waals surface area contributed by atoms with Crippen LogP contribution in [0, 0.1) is 12.8 Å². The van der Waals surface area contributed by atoms with Crippen LogP contribution in [0.3, 0.4) is 0 Å². The number of nitrogens with zero attached hydrogens (tertiary/aromatic N) is 2. The van der Waals surface area contributed by atoms with Crippen LogP contribution in [-0.4, -0.2) is 35.7 Å². The Morgan fingerprint density at radius 3 is 3.04 bits per heavy atom. The summed E-state index contributed by atoms with van der Waals surface area (Å²) in [4.78, 5) is 16.4. The molecule has 23 heavy (non-hydrogen) atoms. The second-order valence-corrected chi connectivity index (χ2v) is 5.83. The van der Waals surface area contributed by atoms with E-state index >= 15 is 0 Å². The van der Waals surface area contributed by atoms with E-state index in [1.54, 1.807) is 18.0 Å². The van der Waals surface area contributed by atoms with Crippen LogP contribution in [-0.2, 0) is 13.5 Å². The third-order valence-corrected chi connectivity index (χ3v) is 4.14. The van der Waals surface area contributed by atoms with Crippen molar-refractivity contribution in [3.05, 3.63) is 41.5 Å². The van der Waals surface area contributed by atoms with Gasteiger partial charge in [0, 0.05) is 19.5 Å². The first-order chi connectivity index (χ1) is 11.1. The number of aryl methyl sites for hydroxylation is 2. The zero-order chi connectivity index (χ0) is 16.4. The first-order valence-electron chi connectivity index (χ1n) is 7.65. The summed E-state index contributed by atoms with van der Waals surface area (Å²) in [7, 11) is 3.46. The minimum absolute atomic E-state index is 0.0982. The lowest BCUT2D eigenvalue weighted by molar-refractivity contribution is 0.0929. The van der Waals surface area contributed by atoms with Gasteiger partial charge >= 0.3 is 0 Å². The lowest BCUT2D eigenvalue weighted by Gasteiger charge is -2.26. The number of methoxy groups -OCH3 is 1. The Balaban J connectivity index is 1.63. The summed E-state index contributed by atoms with van der Waals surface area (Å²) in [5.74, 6) is 1.72. The van der Waals surface area contributed by atoms with Crippen LogP contribution < -0.4 is 14.8 Å². The van der Waals surface area contributed by atoms with Crippen molar-refractivity contribution < 1.29 is 14.3 Å². The number of hydrogen-bond donors (Lipinski definition) is 1. The normalized spacial score (nSPS) is 16.4. The molecular weight excluding hydrogens is 294 g/mol. The highest BCUT2D eigenvalue weighted by Crippen LogP contribution is 2.35. The quantitative estimate of drug-likeness (QED) is 0.933. The van der Waals surface area contributed by atoms with E-state index in [0.717, 1.165) is 29.2 Å². The monoisotopic (exact) mass is 315 g/mol. The van der Waals surface area contributed by atoms with Crippen molar-refractivity contribution in [3.8, 4) is 11.5 Å². The largest absolute Gasteiger partial charge is 0.493 e. The van der Waals surface area contributed by atoms with Crippen molar-refractivity contribution in [3.63, 3.8) is 0 Å². The summed E-state index contributed by atoms with van der Waals surface area (Å²) < 4.78 is 12.9. The number of imidazole rings is 1. The maximum Gasteiger partial charge on any atom is 0.269 e. The lowest BCUT2D eigenvalue weighted by Crippen LogP contribution is -2.35. The topological polar surface area (TPSA) is 65.4 Å². The molecule has 1 atom stereocenters. The molecule has 1 aromatic heterocycles. The number of hydrogen-bond acceptors (Lipinski definition) is 4. The lowest BCUT2D eigenvalue weighted by atomic mass is 9.96. The molecule has 0 radical (unpaired) electrons. The minimum Gasteiger partial charge on any atom is -0.493 e. The highest BCUT2D eigenvalue weighted by atomic mass is 16.5. The van der Waals surface area contributed by atoms with Gasteiger partial charge in [0.15, 0.2) is 11.5 Å². The first kappa shape index (κ1) is 15.4. The molecular formula is C17H21N3O3. The number of para-hydroxylation sites is 1. The molecule has 0 aliphatic carbocycles. The standard InChI is InChI=1S/C17H21N3O3/c1-11-15(20(2)10-19-11)17(21)18-8-12-7-13-5-4-6-14(22-3)16(13)23-9-12/h4-6,10,12H,7-9H2,1-3H3,(H,18,21)/t12-/m1/s1. The van der Waals surface area contributed by atoms with Crippen LogP contribution >= 0.6 is 0 Å². The van der Waals surface area contributed by atoms with Gasteiger partial charge in [0.1, 0.15) is 5.69 Å². The van der Waals surface area contributed by atoms with Crippen LogP contribution in [0.2, 0.25) is 0 Å². The number of fused-ring (bicyclic) bond motifs is 1. The van der Waals surface area contributed by atoms with Gasteiger partial charge in [-0.25, -0.2) is 4.98 Å². The maximum absolute atomic E-state index is 12.3. The molecule has 0 unspecified atom stereocenters. The highest BCUT2D eigenvalue weighted by molar-refractivity contribution is 5.93. The van der Waals surface area contributed by atoms with Gasteiger partial charge in [-0.2, -0.15) is 0 Å². The van der Waals surface area contributed by atoms with E-state index in [9.17, 15) is 4.79 Å². The third-order valence-electron chi connectivity index (χ3n) is 4.14. The van der Waals surface area contributed by atoms with E-state index in [-0.39, 0.29) is 11.8 Å². The summed E-state index contributed by atoms with van der Waals surface area (Å²) in [6.45, 7) is 2.97. The van der Waals surface area contributed by atoms with Gasteiger partial charge in [-0.05, 0) is 25.0 Å². The molecule has 0 fully saturated rings. The minimum atomic E-state index is -0.0982. The molecule has 1 aliphatic rings. The van der Waals surface area contributed by atoms with Crippen molar-refractivity contribution in [1.82, 2.24) is 14.9 Å². The number of ether oxygens (including phenoxy) is 2. The fourth-order valence-electron chi connectivity index (χ4n) is 2.94. The van der Waals surface area contributed by atoms with E-state index in [4.69, 9.17) is 9.47 Å².